The minimum Gasteiger partial charge on any atom is -0.480 e. The van der Waals surface area contributed by atoms with Crippen LogP contribution in [0.25, 0.3) is 0 Å². The molecule has 2 rings (SSSR count). The van der Waals surface area contributed by atoms with Gasteiger partial charge in [-0.3, -0.25) is 4.79 Å². The first-order valence-corrected chi connectivity index (χ1v) is 6.54. The zero-order valence-electron chi connectivity index (χ0n) is 11.7. The second-order valence-electron chi connectivity index (χ2n) is 4.95. The first kappa shape index (κ1) is 14.2. The molecule has 0 saturated carbocycles. The number of benzene rings is 1. The third kappa shape index (κ3) is 3.01. The van der Waals surface area contributed by atoms with E-state index in [-0.39, 0.29) is 12.5 Å². The van der Waals surface area contributed by atoms with Gasteiger partial charge in [0.25, 0.3) is 0 Å². The predicted octanol–water partition coefficient (Wildman–Crippen LogP) is 0.532. The van der Waals surface area contributed by atoms with Gasteiger partial charge in [-0.15, -0.1) is 0 Å². The summed E-state index contributed by atoms with van der Waals surface area (Å²) in [6.07, 6.45) is 0. The Hall–Kier alpha value is -2.24. The standard InChI is InChI=1S/C14H19N3O3/c1-10(18)15-11(14(19)20)9-17-8-7-16(2)12-5-3-4-6-13(12)17/h3-6,11H,7-9H2,1-2H3,(H,15,18)(H,19,20). The van der Waals surface area contributed by atoms with Crippen LogP contribution in [0, 0.1) is 0 Å². The summed E-state index contributed by atoms with van der Waals surface area (Å²) in [7, 11) is 2.01. The summed E-state index contributed by atoms with van der Waals surface area (Å²) in [5.74, 6) is -1.35. The number of nitrogens with zero attached hydrogens (tertiary/aromatic N) is 2. The van der Waals surface area contributed by atoms with Crippen LogP contribution in [0.4, 0.5) is 11.4 Å². The molecule has 0 spiro atoms. The Kier molecular flexibility index (Phi) is 4.12. The van der Waals surface area contributed by atoms with Crippen molar-refractivity contribution in [2.75, 3.05) is 36.5 Å². The van der Waals surface area contributed by atoms with Crippen molar-refractivity contribution in [2.45, 2.75) is 13.0 Å². The van der Waals surface area contributed by atoms with Crippen molar-refractivity contribution in [3.05, 3.63) is 24.3 Å². The molecule has 0 aromatic heterocycles. The molecule has 0 aliphatic carbocycles. The Bertz CT molecular complexity index is 518. The van der Waals surface area contributed by atoms with Gasteiger partial charge in [0.1, 0.15) is 6.04 Å². The molecule has 0 fully saturated rings. The molecular formula is C14H19N3O3. The third-order valence-electron chi connectivity index (χ3n) is 3.42. The number of para-hydroxylation sites is 2. The zero-order chi connectivity index (χ0) is 14.7. The maximum atomic E-state index is 11.2. The maximum Gasteiger partial charge on any atom is 0.328 e. The summed E-state index contributed by atoms with van der Waals surface area (Å²) < 4.78 is 0. The van der Waals surface area contributed by atoms with Crippen LogP contribution in [0.15, 0.2) is 24.3 Å². The van der Waals surface area contributed by atoms with Crippen molar-refractivity contribution in [3.8, 4) is 0 Å². The summed E-state index contributed by atoms with van der Waals surface area (Å²) in [5, 5.41) is 11.7. The van der Waals surface area contributed by atoms with Crippen molar-refractivity contribution >= 4 is 23.3 Å². The Morgan fingerprint density at radius 2 is 1.95 bits per heavy atom. The number of nitrogens with one attached hydrogen (secondary N) is 1. The number of amides is 1. The van der Waals surface area contributed by atoms with Gasteiger partial charge in [0.15, 0.2) is 0 Å². The van der Waals surface area contributed by atoms with Crippen molar-refractivity contribution in [3.63, 3.8) is 0 Å². The molecule has 6 heteroatoms. The van der Waals surface area contributed by atoms with E-state index >= 15 is 0 Å². The molecule has 20 heavy (non-hydrogen) atoms. The fourth-order valence-electron chi connectivity index (χ4n) is 2.41. The van der Waals surface area contributed by atoms with Gasteiger partial charge in [-0.05, 0) is 12.1 Å². The van der Waals surface area contributed by atoms with E-state index in [0.29, 0.717) is 0 Å². The highest BCUT2D eigenvalue weighted by Crippen LogP contribution is 2.31. The average molecular weight is 277 g/mol. The first-order valence-electron chi connectivity index (χ1n) is 6.54. The number of carboxylic acids is 1. The number of carbonyl (C=O) groups is 2. The monoisotopic (exact) mass is 277 g/mol. The Morgan fingerprint density at radius 3 is 2.55 bits per heavy atom. The zero-order valence-corrected chi connectivity index (χ0v) is 11.7. The maximum absolute atomic E-state index is 11.2. The molecule has 1 aromatic carbocycles. The lowest BCUT2D eigenvalue weighted by Crippen LogP contribution is -2.50. The third-order valence-corrected chi connectivity index (χ3v) is 3.42. The summed E-state index contributed by atoms with van der Waals surface area (Å²) >= 11 is 0. The van der Waals surface area contributed by atoms with Gasteiger partial charge in [0, 0.05) is 33.6 Å². The molecular weight excluding hydrogens is 258 g/mol. The van der Waals surface area contributed by atoms with Gasteiger partial charge in [-0.25, -0.2) is 4.79 Å². The minimum atomic E-state index is -1.02. The number of anilines is 2. The van der Waals surface area contributed by atoms with Gasteiger partial charge in [0.2, 0.25) is 5.91 Å². The van der Waals surface area contributed by atoms with Crippen molar-refractivity contribution in [1.82, 2.24) is 5.32 Å². The van der Waals surface area contributed by atoms with E-state index in [1.54, 1.807) is 0 Å². The molecule has 1 heterocycles. The summed E-state index contributed by atoms with van der Waals surface area (Å²) in [6.45, 7) is 3.15. The first-order chi connectivity index (χ1) is 9.49. The van der Waals surface area contributed by atoms with Gasteiger partial charge in [-0.1, -0.05) is 12.1 Å². The van der Waals surface area contributed by atoms with E-state index in [4.69, 9.17) is 0 Å². The SMILES string of the molecule is CC(=O)NC(CN1CCN(C)c2ccccc21)C(=O)O. The van der Waals surface area contributed by atoms with Crippen LogP contribution in [-0.4, -0.2) is 49.7 Å². The van der Waals surface area contributed by atoms with Gasteiger partial charge >= 0.3 is 5.97 Å². The van der Waals surface area contributed by atoms with E-state index in [1.165, 1.54) is 6.92 Å². The lowest BCUT2D eigenvalue weighted by molar-refractivity contribution is -0.141. The fraction of sp³-hybridized carbons (Fsp3) is 0.429. The van der Waals surface area contributed by atoms with Crippen LogP contribution in [0.2, 0.25) is 0 Å². The van der Waals surface area contributed by atoms with Crippen LogP contribution < -0.4 is 15.1 Å². The van der Waals surface area contributed by atoms with Crippen LogP contribution in [-0.2, 0) is 9.59 Å². The van der Waals surface area contributed by atoms with Gasteiger partial charge in [0.05, 0.1) is 11.4 Å². The minimum absolute atomic E-state index is 0.264. The Morgan fingerprint density at radius 1 is 1.30 bits per heavy atom. The van der Waals surface area contributed by atoms with Gasteiger partial charge in [-0.2, -0.15) is 0 Å². The lowest BCUT2D eigenvalue weighted by atomic mass is 10.1. The normalized spacial score (nSPS) is 15.5. The van der Waals surface area contributed by atoms with E-state index in [2.05, 4.69) is 10.2 Å². The molecule has 0 bridgehead atoms. The fourth-order valence-corrected chi connectivity index (χ4v) is 2.41. The molecule has 108 valence electrons. The van der Waals surface area contributed by atoms with Crippen molar-refractivity contribution < 1.29 is 14.7 Å². The largest absolute Gasteiger partial charge is 0.480 e. The highest BCUT2D eigenvalue weighted by molar-refractivity contribution is 5.83. The van der Waals surface area contributed by atoms with Crippen LogP contribution >= 0.6 is 0 Å². The van der Waals surface area contributed by atoms with Crippen LogP contribution in [0.3, 0.4) is 0 Å². The predicted molar refractivity (Wildman–Crippen MR) is 77.2 cm³/mol. The second-order valence-corrected chi connectivity index (χ2v) is 4.95. The van der Waals surface area contributed by atoms with Crippen molar-refractivity contribution in [2.24, 2.45) is 0 Å². The van der Waals surface area contributed by atoms with Crippen LogP contribution in [0.5, 0.6) is 0 Å². The molecule has 1 aromatic rings. The molecule has 1 amide bonds. The molecule has 0 saturated heterocycles. The number of hydrogen-bond donors (Lipinski definition) is 2. The second kappa shape index (κ2) is 5.81. The summed E-state index contributed by atoms with van der Waals surface area (Å²) in [4.78, 5) is 26.5. The average Bonchev–Trinajstić information content (AvgIpc) is 2.40. The van der Waals surface area contributed by atoms with E-state index in [1.807, 2.05) is 36.2 Å². The van der Waals surface area contributed by atoms with E-state index < -0.39 is 12.0 Å². The molecule has 1 aliphatic heterocycles. The number of carboxylic acid groups (broad SMARTS) is 1. The molecule has 2 N–H and O–H groups in total. The summed E-state index contributed by atoms with van der Waals surface area (Å²) in [5.41, 5.74) is 2.07. The van der Waals surface area contributed by atoms with Crippen LogP contribution in [0.1, 0.15) is 6.92 Å². The Labute approximate surface area is 118 Å². The number of rotatable bonds is 4. The number of aliphatic carboxylic acids is 1. The van der Waals surface area contributed by atoms with Gasteiger partial charge < -0.3 is 20.2 Å². The molecule has 1 atom stereocenters. The summed E-state index contributed by atoms with van der Waals surface area (Å²) in [6, 6.07) is 6.97. The topological polar surface area (TPSA) is 72.9 Å². The van der Waals surface area contributed by atoms with E-state index in [9.17, 15) is 14.7 Å². The molecule has 6 nitrogen and oxygen atoms in total. The highest BCUT2D eigenvalue weighted by Gasteiger charge is 2.26. The lowest BCUT2D eigenvalue weighted by Gasteiger charge is -2.38. The quantitative estimate of drug-likeness (QED) is 0.840. The number of hydrogen-bond acceptors (Lipinski definition) is 4. The number of fused-ring (bicyclic) bond motifs is 1. The molecule has 1 unspecified atom stereocenters. The number of carbonyl (C=O) groups excluding carboxylic acids is 1. The molecule has 0 radical (unpaired) electrons. The number of likely N-dealkylation sites (N-methyl/N-ethyl adjacent to an activating group) is 1. The van der Waals surface area contributed by atoms with Crippen molar-refractivity contribution in [1.29, 1.82) is 0 Å². The Balaban J connectivity index is 2.19. The van der Waals surface area contributed by atoms with E-state index in [0.717, 1.165) is 24.5 Å². The smallest absolute Gasteiger partial charge is 0.328 e. The molecule has 1 aliphatic rings. The highest BCUT2D eigenvalue weighted by atomic mass is 16.4.